The van der Waals surface area contributed by atoms with E-state index in [-0.39, 0.29) is 0 Å². The van der Waals surface area contributed by atoms with Crippen LogP contribution in [0.1, 0.15) is 5.69 Å². The second-order valence-corrected chi connectivity index (χ2v) is 2.60. The van der Waals surface area contributed by atoms with Crippen molar-refractivity contribution in [3.05, 3.63) is 18.0 Å². The third-order valence-corrected chi connectivity index (χ3v) is 1.52. The number of aromatic nitrogens is 2. The smallest absolute Gasteiger partial charge is 0.0593 e. The standard InChI is InChI=1S/C9H13N3/c1-3-5-10-6-8-12-7-4-9(2)11-12/h1,4,7,10H,5-6,8H2,2H3. The lowest BCUT2D eigenvalue weighted by Gasteiger charge is -2.00. The Hall–Kier alpha value is -1.27. The van der Waals surface area contributed by atoms with Gasteiger partial charge < -0.3 is 5.32 Å². The molecule has 0 atom stereocenters. The highest BCUT2D eigenvalue weighted by molar-refractivity contribution is 4.94. The second kappa shape index (κ2) is 4.58. The largest absolute Gasteiger partial charge is 0.304 e. The van der Waals surface area contributed by atoms with Gasteiger partial charge >= 0.3 is 0 Å². The first-order valence-corrected chi connectivity index (χ1v) is 3.97. The molecule has 0 aliphatic rings. The zero-order chi connectivity index (χ0) is 8.81. The molecule has 1 N–H and O–H groups in total. The molecule has 3 nitrogen and oxygen atoms in total. The lowest BCUT2D eigenvalue weighted by molar-refractivity contribution is 0.572. The monoisotopic (exact) mass is 163 g/mol. The van der Waals surface area contributed by atoms with E-state index < -0.39 is 0 Å². The van der Waals surface area contributed by atoms with E-state index in [0.717, 1.165) is 18.8 Å². The maximum atomic E-state index is 5.08. The minimum Gasteiger partial charge on any atom is -0.304 e. The van der Waals surface area contributed by atoms with E-state index in [9.17, 15) is 0 Å². The zero-order valence-corrected chi connectivity index (χ0v) is 7.25. The van der Waals surface area contributed by atoms with Gasteiger partial charge in [-0.2, -0.15) is 5.10 Å². The van der Waals surface area contributed by atoms with Gasteiger partial charge in [0.25, 0.3) is 0 Å². The number of terminal acetylenes is 1. The number of nitrogens with zero attached hydrogens (tertiary/aromatic N) is 2. The van der Waals surface area contributed by atoms with Crippen molar-refractivity contribution < 1.29 is 0 Å². The Bertz CT molecular complexity index is 270. The Morgan fingerprint density at radius 3 is 3.17 bits per heavy atom. The molecule has 64 valence electrons. The van der Waals surface area contributed by atoms with Crippen molar-refractivity contribution >= 4 is 0 Å². The predicted molar refractivity (Wildman–Crippen MR) is 48.7 cm³/mol. The summed E-state index contributed by atoms with van der Waals surface area (Å²) in [6, 6.07) is 1.99. The number of aryl methyl sites for hydroxylation is 1. The maximum absolute atomic E-state index is 5.08. The summed E-state index contributed by atoms with van der Waals surface area (Å²) in [6.07, 6.45) is 7.04. The van der Waals surface area contributed by atoms with Gasteiger partial charge in [0.05, 0.1) is 18.8 Å². The molecule has 0 fully saturated rings. The molecule has 0 bridgehead atoms. The first-order valence-electron chi connectivity index (χ1n) is 3.97. The number of hydrogen-bond donors (Lipinski definition) is 1. The van der Waals surface area contributed by atoms with Gasteiger partial charge in [-0.1, -0.05) is 5.92 Å². The zero-order valence-electron chi connectivity index (χ0n) is 7.25. The van der Waals surface area contributed by atoms with Crippen molar-refractivity contribution in [2.24, 2.45) is 0 Å². The van der Waals surface area contributed by atoms with Crippen molar-refractivity contribution in [3.63, 3.8) is 0 Å². The van der Waals surface area contributed by atoms with Crippen molar-refractivity contribution in [1.29, 1.82) is 0 Å². The van der Waals surface area contributed by atoms with Crippen LogP contribution in [0.15, 0.2) is 12.3 Å². The van der Waals surface area contributed by atoms with Crippen LogP contribution in [0.5, 0.6) is 0 Å². The summed E-state index contributed by atoms with van der Waals surface area (Å²) in [5.41, 5.74) is 1.05. The van der Waals surface area contributed by atoms with Crippen LogP contribution in [0.4, 0.5) is 0 Å². The van der Waals surface area contributed by atoms with Crippen LogP contribution in [0.25, 0.3) is 0 Å². The predicted octanol–water partition coefficient (Wildman–Crippen LogP) is 0.414. The average molecular weight is 163 g/mol. The third kappa shape index (κ3) is 2.77. The molecule has 0 aromatic carbocycles. The summed E-state index contributed by atoms with van der Waals surface area (Å²) >= 11 is 0. The van der Waals surface area contributed by atoms with Crippen LogP contribution < -0.4 is 5.32 Å². The Kier molecular flexibility index (Phi) is 3.36. The van der Waals surface area contributed by atoms with Gasteiger partial charge in [-0.3, -0.25) is 4.68 Å². The highest BCUT2D eigenvalue weighted by Gasteiger charge is 1.91. The Morgan fingerprint density at radius 1 is 1.75 bits per heavy atom. The summed E-state index contributed by atoms with van der Waals surface area (Å²) in [5.74, 6) is 2.52. The maximum Gasteiger partial charge on any atom is 0.0593 e. The summed E-state index contributed by atoms with van der Waals surface area (Å²) in [5, 5.41) is 7.33. The van der Waals surface area contributed by atoms with Crippen LogP contribution in [-0.4, -0.2) is 22.9 Å². The molecule has 3 heteroatoms. The van der Waals surface area contributed by atoms with Gasteiger partial charge in [-0.05, 0) is 13.0 Å². The first kappa shape index (κ1) is 8.82. The molecule has 0 saturated heterocycles. The molecule has 0 radical (unpaired) electrons. The average Bonchev–Trinajstić information content (AvgIpc) is 2.45. The molecular formula is C9H13N3. The van der Waals surface area contributed by atoms with E-state index in [4.69, 9.17) is 6.42 Å². The van der Waals surface area contributed by atoms with Gasteiger partial charge in [0.2, 0.25) is 0 Å². The number of hydrogen-bond acceptors (Lipinski definition) is 2. The quantitative estimate of drug-likeness (QED) is 0.515. The molecule has 12 heavy (non-hydrogen) atoms. The Morgan fingerprint density at radius 2 is 2.58 bits per heavy atom. The Labute approximate surface area is 72.8 Å². The lowest BCUT2D eigenvalue weighted by Crippen LogP contribution is -2.20. The van der Waals surface area contributed by atoms with Gasteiger partial charge in [0, 0.05) is 12.7 Å². The van der Waals surface area contributed by atoms with Crippen molar-refractivity contribution in [3.8, 4) is 12.3 Å². The van der Waals surface area contributed by atoms with Gasteiger partial charge in [-0.25, -0.2) is 0 Å². The molecule has 0 unspecified atom stereocenters. The second-order valence-electron chi connectivity index (χ2n) is 2.60. The van der Waals surface area contributed by atoms with E-state index in [2.05, 4.69) is 16.3 Å². The fraction of sp³-hybridized carbons (Fsp3) is 0.444. The highest BCUT2D eigenvalue weighted by Crippen LogP contribution is 1.90. The van der Waals surface area contributed by atoms with E-state index in [0.29, 0.717) is 6.54 Å². The first-order chi connectivity index (χ1) is 5.83. The highest BCUT2D eigenvalue weighted by atomic mass is 15.3. The molecule has 0 spiro atoms. The number of rotatable bonds is 4. The topological polar surface area (TPSA) is 29.9 Å². The van der Waals surface area contributed by atoms with Crippen LogP contribution in [0, 0.1) is 19.3 Å². The lowest BCUT2D eigenvalue weighted by atomic mass is 10.5. The summed E-state index contributed by atoms with van der Waals surface area (Å²) in [7, 11) is 0. The molecule has 1 heterocycles. The molecule has 0 aliphatic heterocycles. The third-order valence-electron chi connectivity index (χ3n) is 1.52. The van der Waals surface area contributed by atoms with Crippen LogP contribution in [-0.2, 0) is 6.54 Å². The molecule has 0 aliphatic carbocycles. The molecule has 1 aromatic rings. The van der Waals surface area contributed by atoms with Gasteiger partial charge in [-0.15, -0.1) is 6.42 Å². The molecule has 0 amide bonds. The number of nitrogens with one attached hydrogen (secondary N) is 1. The van der Waals surface area contributed by atoms with Crippen LogP contribution >= 0.6 is 0 Å². The van der Waals surface area contributed by atoms with Crippen molar-refractivity contribution in [1.82, 2.24) is 15.1 Å². The van der Waals surface area contributed by atoms with Gasteiger partial charge in [0.15, 0.2) is 0 Å². The van der Waals surface area contributed by atoms with E-state index in [1.54, 1.807) is 0 Å². The van der Waals surface area contributed by atoms with E-state index in [1.807, 2.05) is 23.9 Å². The molecule has 1 aromatic heterocycles. The molecule has 0 saturated carbocycles. The normalized spacial score (nSPS) is 9.67. The summed E-state index contributed by atoms with van der Waals surface area (Å²) in [4.78, 5) is 0. The van der Waals surface area contributed by atoms with Gasteiger partial charge in [0.1, 0.15) is 0 Å². The van der Waals surface area contributed by atoms with E-state index >= 15 is 0 Å². The SMILES string of the molecule is C#CCNCCn1ccc(C)n1. The molecular weight excluding hydrogens is 150 g/mol. The fourth-order valence-electron chi connectivity index (χ4n) is 0.942. The van der Waals surface area contributed by atoms with Crippen molar-refractivity contribution in [2.75, 3.05) is 13.1 Å². The van der Waals surface area contributed by atoms with Crippen molar-refractivity contribution in [2.45, 2.75) is 13.5 Å². The van der Waals surface area contributed by atoms with Crippen LogP contribution in [0.2, 0.25) is 0 Å². The summed E-state index contributed by atoms with van der Waals surface area (Å²) in [6.45, 7) is 4.34. The fourth-order valence-corrected chi connectivity index (χ4v) is 0.942. The minimum atomic E-state index is 0.625. The van der Waals surface area contributed by atoms with Crippen LogP contribution in [0.3, 0.4) is 0 Å². The summed E-state index contributed by atoms with van der Waals surface area (Å²) < 4.78 is 1.90. The minimum absolute atomic E-state index is 0.625. The molecule has 1 rings (SSSR count). The Balaban J connectivity index is 2.21. The van der Waals surface area contributed by atoms with E-state index in [1.165, 1.54) is 0 Å².